The molecule has 1 aliphatic heterocycles. The van der Waals surface area contributed by atoms with Gasteiger partial charge in [0.25, 0.3) is 0 Å². The van der Waals surface area contributed by atoms with Gasteiger partial charge in [0.15, 0.2) is 0 Å². The Morgan fingerprint density at radius 3 is 2.95 bits per heavy atom. The summed E-state index contributed by atoms with van der Waals surface area (Å²) in [4.78, 5) is 2.40. The second-order valence-corrected chi connectivity index (χ2v) is 5.32. The van der Waals surface area contributed by atoms with E-state index in [2.05, 4.69) is 36.1 Å². The van der Waals surface area contributed by atoms with Crippen molar-refractivity contribution in [3.05, 3.63) is 11.3 Å². The van der Waals surface area contributed by atoms with Crippen molar-refractivity contribution in [3.8, 4) is 0 Å². The van der Waals surface area contributed by atoms with Crippen molar-refractivity contribution in [2.24, 2.45) is 7.05 Å². The number of hydrogen-bond donors (Lipinski definition) is 1. The van der Waals surface area contributed by atoms with Crippen LogP contribution in [0.2, 0.25) is 0 Å². The van der Waals surface area contributed by atoms with Crippen LogP contribution in [0, 0.1) is 6.92 Å². The molecule has 19 heavy (non-hydrogen) atoms. The van der Waals surface area contributed by atoms with Crippen LogP contribution in [0.1, 0.15) is 31.5 Å². The minimum atomic E-state index is 0.292. The van der Waals surface area contributed by atoms with Crippen molar-refractivity contribution in [2.75, 3.05) is 31.1 Å². The van der Waals surface area contributed by atoms with Gasteiger partial charge in [-0.3, -0.25) is 4.68 Å². The number of rotatable bonds is 5. The summed E-state index contributed by atoms with van der Waals surface area (Å²) in [6.07, 6.45) is 1.45. The summed E-state index contributed by atoms with van der Waals surface area (Å²) in [6, 6.07) is 0. The fourth-order valence-corrected chi connectivity index (χ4v) is 2.69. The molecule has 108 valence electrons. The second-order valence-electron chi connectivity index (χ2n) is 5.32. The SMILES string of the molecule is CCCNCc1c(C)nn(C)c1N1CCOC(C)C1. The molecule has 1 N–H and O–H groups in total. The summed E-state index contributed by atoms with van der Waals surface area (Å²) >= 11 is 0. The van der Waals surface area contributed by atoms with Gasteiger partial charge >= 0.3 is 0 Å². The highest BCUT2D eigenvalue weighted by molar-refractivity contribution is 5.50. The first-order valence-electron chi connectivity index (χ1n) is 7.23. The average molecular weight is 266 g/mol. The first-order valence-corrected chi connectivity index (χ1v) is 7.23. The van der Waals surface area contributed by atoms with Crippen LogP contribution in [0.4, 0.5) is 5.82 Å². The van der Waals surface area contributed by atoms with E-state index in [1.807, 2.05) is 11.7 Å². The van der Waals surface area contributed by atoms with Crippen LogP contribution in [-0.4, -0.2) is 42.1 Å². The molecule has 0 radical (unpaired) electrons. The minimum absolute atomic E-state index is 0.292. The number of aromatic nitrogens is 2. The summed E-state index contributed by atoms with van der Waals surface area (Å²) < 4.78 is 7.64. The van der Waals surface area contributed by atoms with E-state index in [0.717, 1.165) is 44.9 Å². The van der Waals surface area contributed by atoms with E-state index in [-0.39, 0.29) is 0 Å². The van der Waals surface area contributed by atoms with Gasteiger partial charge < -0.3 is 15.0 Å². The van der Waals surface area contributed by atoms with Crippen LogP contribution in [0.5, 0.6) is 0 Å². The third kappa shape index (κ3) is 3.28. The normalized spacial score (nSPS) is 20.0. The first-order chi connectivity index (χ1) is 9.13. The lowest BCUT2D eigenvalue weighted by Gasteiger charge is -2.33. The maximum Gasteiger partial charge on any atom is 0.131 e. The maximum atomic E-state index is 5.63. The lowest BCUT2D eigenvalue weighted by molar-refractivity contribution is 0.0526. The molecule has 1 aromatic rings. The fourth-order valence-electron chi connectivity index (χ4n) is 2.69. The number of anilines is 1. The Kier molecular flexibility index (Phi) is 4.82. The Bertz CT molecular complexity index is 416. The van der Waals surface area contributed by atoms with Gasteiger partial charge in [-0.1, -0.05) is 6.92 Å². The molecule has 0 aliphatic carbocycles. The zero-order valence-corrected chi connectivity index (χ0v) is 12.6. The van der Waals surface area contributed by atoms with E-state index in [1.165, 1.54) is 11.4 Å². The summed E-state index contributed by atoms with van der Waals surface area (Å²) in [5.41, 5.74) is 2.45. The van der Waals surface area contributed by atoms with Crippen molar-refractivity contribution in [1.29, 1.82) is 0 Å². The van der Waals surface area contributed by atoms with Crippen LogP contribution in [0.3, 0.4) is 0 Å². The molecule has 0 bridgehead atoms. The number of morpholine rings is 1. The largest absolute Gasteiger partial charge is 0.375 e. The molecule has 0 amide bonds. The van der Waals surface area contributed by atoms with Crippen LogP contribution in [-0.2, 0) is 18.3 Å². The zero-order valence-electron chi connectivity index (χ0n) is 12.6. The van der Waals surface area contributed by atoms with E-state index in [1.54, 1.807) is 0 Å². The molecule has 0 spiro atoms. The third-order valence-electron chi connectivity index (χ3n) is 3.58. The molecule has 1 saturated heterocycles. The van der Waals surface area contributed by atoms with Crippen LogP contribution in [0.25, 0.3) is 0 Å². The van der Waals surface area contributed by atoms with Crippen molar-refractivity contribution < 1.29 is 4.74 Å². The highest BCUT2D eigenvalue weighted by atomic mass is 16.5. The van der Waals surface area contributed by atoms with Gasteiger partial charge in [-0.2, -0.15) is 5.10 Å². The third-order valence-corrected chi connectivity index (χ3v) is 3.58. The number of hydrogen-bond acceptors (Lipinski definition) is 4. The van der Waals surface area contributed by atoms with Gasteiger partial charge in [-0.15, -0.1) is 0 Å². The molecular weight excluding hydrogens is 240 g/mol. The van der Waals surface area contributed by atoms with Crippen LogP contribution < -0.4 is 10.2 Å². The molecule has 5 heteroatoms. The van der Waals surface area contributed by atoms with E-state index in [4.69, 9.17) is 4.74 Å². The molecule has 1 aliphatic rings. The Labute approximate surface area is 115 Å². The second kappa shape index (κ2) is 6.39. The monoisotopic (exact) mass is 266 g/mol. The number of nitrogens with one attached hydrogen (secondary N) is 1. The highest BCUT2D eigenvalue weighted by Crippen LogP contribution is 2.25. The van der Waals surface area contributed by atoms with Gasteiger partial charge in [-0.25, -0.2) is 0 Å². The molecular formula is C14H26N4O. The van der Waals surface area contributed by atoms with Gasteiger partial charge in [0.05, 0.1) is 18.4 Å². The summed E-state index contributed by atoms with van der Waals surface area (Å²) in [5, 5.41) is 8.07. The molecule has 1 unspecified atom stereocenters. The van der Waals surface area contributed by atoms with E-state index in [0.29, 0.717) is 6.10 Å². The number of nitrogens with zero attached hydrogens (tertiary/aromatic N) is 3. The van der Waals surface area contributed by atoms with Gasteiger partial charge in [0.2, 0.25) is 0 Å². The van der Waals surface area contributed by atoms with Crippen LogP contribution in [0.15, 0.2) is 0 Å². The molecule has 1 aromatic heterocycles. The van der Waals surface area contributed by atoms with Crippen molar-refractivity contribution in [3.63, 3.8) is 0 Å². The summed E-state index contributed by atoms with van der Waals surface area (Å²) in [7, 11) is 2.03. The number of ether oxygens (including phenoxy) is 1. The highest BCUT2D eigenvalue weighted by Gasteiger charge is 2.23. The Hall–Kier alpha value is -1.07. The predicted molar refractivity (Wildman–Crippen MR) is 77.6 cm³/mol. The van der Waals surface area contributed by atoms with Crippen molar-refractivity contribution in [1.82, 2.24) is 15.1 Å². The Morgan fingerprint density at radius 2 is 2.26 bits per heavy atom. The van der Waals surface area contributed by atoms with E-state index in [9.17, 15) is 0 Å². The lowest BCUT2D eigenvalue weighted by atomic mass is 10.2. The Morgan fingerprint density at radius 1 is 1.47 bits per heavy atom. The smallest absolute Gasteiger partial charge is 0.131 e. The van der Waals surface area contributed by atoms with Crippen molar-refractivity contribution in [2.45, 2.75) is 39.8 Å². The average Bonchev–Trinajstić information content (AvgIpc) is 2.64. The van der Waals surface area contributed by atoms with Gasteiger partial charge in [0, 0.05) is 32.2 Å². The standard InChI is InChI=1S/C14H26N4O/c1-5-6-15-9-13-12(3)16-17(4)14(13)18-7-8-19-11(2)10-18/h11,15H,5-10H2,1-4H3. The molecule has 2 heterocycles. The van der Waals surface area contributed by atoms with E-state index >= 15 is 0 Å². The molecule has 2 rings (SSSR count). The predicted octanol–water partition coefficient (Wildman–Crippen LogP) is 1.45. The first kappa shape index (κ1) is 14.3. The quantitative estimate of drug-likeness (QED) is 0.819. The minimum Gasteiger partial charge on any atom is -0.375 e. The number of aryl methyl sites for hydroxylation is 2. The maximum absolute atomic E-state index is 5.63. The van der Waals surface area contributed by atoms with E-state index < -0.39 is 0 Å². The van der Waals surface area contributed by atoms with Gasteiger partial charge in [0.1, 0.15) is 5.82 Å². The van der Waals surface area contributed by atoms with Gasteiger partial charge in [-0.05, 0) is 26.8 Å². The Balaban J connectivity index is 2.17. The fraction of sp³-hybridized carbons (Fsp3) is 0.786. The van der Waals surface area contributed by atoms with Crippen molar-refractivity contribution >= 4 is 5.82 Å². The molecule has 0 aromatic carbocycles. The topological polar surface area (TPSA) is 42.3 Å². The molecule has 0 saturated carbocycles. The van der Waals surface area contributed by atoms with Crippen LogP contribution >= 0.6 is 0 Å². The summed E-state index contributed by atoms with van der Waals surface area (Å²) in [6.45, 7) is 11.0. The zero-order chi connectivity index (χ0) is 13.8. The lowest BCUT2D eigenvalue weighted by Crippen LogP contribution is -2.42. The summed E-state index contributed by atoms with van der Waals surface area (Å²) in [5.74, 6) is 1.25. The molecule has 1 atom stereocenters. The molecule has 5 nitrogen and oxygen atoms in total. The molecule has 1 fully saturated rings.